The van der Waals surface area contributed by atoms with Crippen LogP contribution in [0.4, 0.5) is 0 Å². The minimum atomic E-state index is -0.0487. The van der Waals surface area contributed by atoms with Crippen molar-refractivity contribution in [3.05, 3.63) is 39.4 Å². The van der Waals surface area contributed by atoms with Crippen LogP contribution >= 0.6 is 11.6 Å². The largest absolute Gasteiger partial charge is 0.312 e. The second kappa shape index (κ2) is 4.94. The van der Waals surface area contributed by atoms with Gasteiger partial charge >= 0.3 is 0 Å². The van der Waals surface area contributed by atoms with Crippen LogP contribution in [-0.2, 0) is 6.54 Å². The lowest BCUT2D eigenvalue weighted by Gasteiger charge is -2.14. The summed E-state index contributed by atoms with van der Waals surface area (Å²) in [4.78, 5) is 16.8. The van der Waals surface area contributed by atoms with Gasteiger partial charge in [0.05, 0.1) is 10.9 Å². The third kappa shape index (κ3) is 2.38. The van der Waals surface area contributed by atoms with Crippen LogP contribution in [-0.4, -0.2) is 22.1 Å². The van der Waals surface area contributed by atoms with Crippen molar-refractivity contribution < 1.29 is 0 Å². The van der Waals surface area contributed by atoms with E-state index in [1.54, 1.807) is 4.57 Å². The van der Waals surface area contributed by atoms with Gasteiger partial charge in [-0.15, -0.1) is 0 Å². The zero-order chi connectivity index (χ0) is 13.4. The molecule has 1 aromatic carbocycles. The first kappa shape index (κ1) is 12.6. The van der Waals surface area contributed by atoms with Gasteiger partial charge in [0, 0.05) is 12.6 Å². The Morgan fingerprint density at radius 3 is 3.11 bits per heavy atom. The van der Waals surface area contributed by atoms with Crippen molar-refractivity contribution in [3.8, 4) is 0 Å². The predicted molar refractivity (Wildman–Crippen MR) is 76.8 cm³/mol. The van der Waals surface area contributed by atoms with E-state index in [1.165, 1.54) is 0 Å². The average molecular weight is 278 g/mol. The molecule has 1 aliphatic rings. The molecule has 0 saturated carbocycles. The monoisotopic (exact) mass is 277 g/mol. The maximum absolute atomic E-state index is 12.5. The minimum Gasteiger partial charge on any atom is -0.312 e. The van der Waals surface area contributed by atoms with E-state index in [9.17, 15) is 4.79 Å². The summed E-state index contributed by atoms with van der Waals surface area (Å²) in [6, 6.07) is 5.98. The van der Waals surface area contributed by atoms with Gasteiger partial charge in [-0.1, -0.05) is 11.6 Å². The summed E-state index contributed by atoms with van der Waals surface area (Å²) in [6.07, 6.45) is 2.23. The number of aryl methyl sites for hydroxylation is 1. The second-order valence-electron chi connectivity index (χ2n) is 5.11. The second-order valence-corrected chi connectivity index (χ2v) is 5.45. The van der Waals surface area contributed by atoms with Gasteiger partial charge in [0.15, 0.2) is 0 Å². The van der Waals surface area contributed by atoms with Gasteiger partial charge < -0.3 is 5.32 Å². The summed E-state index contributed by atoms with van der Waals surface area (Å²) in [6.45, 7) is 3.57. The van der Waals surface area contributed by atoms with Gasteiger partial charge in [0.1, 0.15) is 0 Å². The molecule has 100 valence electrons. The summed E-state index contributed by atoms with van der Waals surface area (Å²) in [5.41, 5.74) is 1.67. The van der Waals surface area contributed by atoms with Gasteiger partial charge in [0.2, 0.25) is 5.28 Å². The van der Waals surface area contributed by atoms with Crippen LogP contribution in [0.2, 0.25) is 5.28 Å². The summed E-state index contributed by atoms with van der Waals surface area (Å²) in [5.74, 6) is 0. The van der Waals surface area contributed by atoms with Crippen molar-refractivity contribution >= 4 is 22.5 Å². The third-order valence-electron chi connectivity index (χ3n) is 3.63. The van der Waals surface area contributed by atoms with Crippen LogP contribution in [0.1, 0.15) is 18.4 Å². The van der Waals surface area contributed by atoms with Crippen LogP contribution in [0, 0.1) is 6.92 Å². The molecule has 1 unspecified atom stereocenters. The molecule has 0 bridgehead atoms. The van der Waals surface area contributed by atoms with Gasteiger partial charge in [-0.3, -0.25) is 9.36 Å². The van der Waals surface area contributed by atoms with Gasteiger partial charge in [-0.2, -0.15) is 0 Å². The molecule has 0 radical (unpaired) electrons. The number of halogens is 1. The van der Waals surface area contributed by atoms with E-state index < -0.39 is 0 Å². The topological polar surface area (TPSA) is 46.9 Å². The van der Waals surface area contributed by atoms with E-state index in [0.717, 1.165) is 24.9 Å². The zero-order valence-corrected chi connectivity index (χ0v) is 11.6. The van der Waals surface area contributed by atoms with E-state index in [2.05, 4.69) is 10.3 Å². The number of rotatable bonds is 2. The predicted octanol–water partition coefficient (Wildman–Crippen LogP) is 2.11. The van der Waals surface area contributed by atoms with Crippen LogP contribution in [0.25, 0.3) is 10.9 Å². The molecule has 2 heterocycles. The van der Waals surface area contributed by atoms with E-state index in [-0.39, 0.29) is 10.8 Å². The summed E-state index contributed by atoms with van der Waals surface area (Å²) in [7, 11) is 0. The van der Waals surface area contributed by atoms with Gasteiger partial charge in [-0.25, -0.2) is 4.98 Å². The van der Waals surface area contributed by atoms with E-state index in [1.807, 2.05) is 25.1 Å². The highest BCUT2D eigenvalue weighted by Gasteiger charge is 2.18. The molecule has 5 heteroatoms. The lowest BCUT2D eigenvalue weighted by molar-refractivity contribution is 0.498. The maximum atomic E-state index is 12.5. The fourth-order valence-electron chi connectivity index (χ4n) is 2.60. The smallest absolute Gasteiger partial charge is 0.262 e. The number of fused-ring (bicyclic) bond motifs is 1. The first-order chi connectivity index (χ1) is 9.15. The minimum absolute atomic E-state index is 0.0487. The first-order valence-corrected chi connectivity index (χ1v) is 6.93. The molecule has 3 rings (SSSR count). The zero-order valence-electron chi connectivity index (χ0n) is 10.8. The van der Waals surface area contributed by atoms with Gasteiger partial charge in [0.25, 0.3) is 5.56 Å². The molecule has 19 heavy (non-hydrogen) atoms. The molecule has 1 saturated heterocycles. The molecular formula is C14H16ClN3O. The van der Waals surface area contributed by atoms with E-state index in [0.29, 0.717) is 23.5 Å². The Labute approximate surface area is 116 Å². The SMILES string of the molecule is Cc1ccc2nc(Cl)n(CC3CCCN3)c(=O)c2c1. The van der Waals surface area contributed by atoms with Gasteiger partial charge in [-0.05, 0) is 50.0 Å². The first-order valence-electron chi connectivity index (χ1n) is 6.55. The normalized spacial score (nSPS) is 19.2. The lowest BCUT2D eigenvalue weighted by Crippen LogP contribution is -2.33. The van der Waals surface area contributed by atoms with Crippen molar-refractivity contribution in [1.82, 2.24) is 14.9 Å². The molecule has 1 fully saturated rings. The summed E-state index contributed by atoms with van der Waals surface area (Å²) < 4.78 is 1.58. The Morgan fingerprint density at radius 1 is 1.53 bits per heavy atom. The van der Waals surface area contributed by atoms with Crippen molar-refractivity contribution in [1.29, 1.82) is 0 Å². The van der Waals surface area contributed by atoms with E-state index in [4.69, 9.17) is 11.6 Å². The Kier molecular flexibility index (Phi) is 3.29. The lowest BCUT2D eigenvalue weighted by atomic mass is 10.1. The van der Waals surface area contributed by atoms with E-state index >= 15 is 0 Å². The summed E-state index contributed by atoms with van der Waals surface area (Å²) in [5, 5.41) is 4.29. The number of nitrogens with one attached hydrogen (secondary N) is 1. The fourth-order valence-corrected chi connectivity index (χ4v) is 2.84. The third-order valence-corrected chi connectivity index (χ3v) is 3.92. The molecule has 1 aliphatic heterocycles. The number of nitrogens with zero attached hydrogens (tertiary/aromatic N) is 2. The van der Waals surface area contributed by atoms with Crippen LogP contribution in [0.5, 0.6) is 0 Å². The standard InChI is InChI=1S/C14H16ClN3O/c1-9-4-5-12-11(7-9)13(19)18(14(15)17-12)8-10-3-2-6-16-10/h4-5,7,10,16H,2-3,6,8H2,1H3. The molecule has 1 N–H and O–H groups in total. The number of aromatic nitrogens is 2. The Bertz CT molecular complexity index is 674. The summed E-state index contributed by atoms with van der Waals surface area (Å²) >= 11 is 6.15. The molecule has 4 nitrogen and oxygen atoms in total. The number of hydrogen-bond acceptors (Lipinski definition) is 3. The highest BCUT2D eigenvalue weighted by Crippen LogP contribution is 2.15. The highest BCUT2D eigenvalue weighted by atomic mass is 35.5. The van der Waals surface area contributed by atoms with Crippen molar-refractivity contribution in [3.63, 3.8) is 0 Å². The van der Waals surface area contributed by atoms with Crippen molar-refractivity contribution in [2.75, 3.05) is 6.54 Å². The highest BCUT2D eigenvalue weighted by molar-refractivity contribution is 6.28. The molecule has 0 spiro atoms. The average Bonchev–Trinajstić information content (AvgIpc) is 2.89. The molecular weight excluding hydrogens is 262 g/mol. The Hall–Kier alpha value is -1.39. The quantitative estimate of drug-likeness (QED) is 0.856. The molecule has 1 aromatic heterocycles. The molecule has 0 aliphatic carbocycles. The molecule has 0 amide bonds. The maximum Gasteiger partial charge on any atom is 0.262 e. The van der Waals surface area contributed by atoms with Crippen LogP contribution in [0.15, 0.2) is 23.0 Å². The van der Waals surface area contributed by atoms with Crippen LogP contribution < -0.4 is 10.9 Å². The fraction of sp³-hybridized carbons (Fsp3) is 0.429. The number of benzene rings is 1. The Balaban J connectivity index is 2.10. The molecule has 1 atom stereocenters. The Morgan fingerprint density at radius 2 is 2.37 bits per heavy atom. The van der Waals surface area contributed by atoms with Crippen molar-refractivity contribution in [2.24, 2.45) is 0 Å². The molecule has 2 aromatic rings. The number of hydrogen-bond donors (Lipinski definition) is 1. The van der Waals surface area contributed by atoms with Crippen LogP contribution in [0.3, 0.4) is 0 Å². The van der Waals surface area contributed by atoms with Crippen molar-refractivity contribution in [2.45, 2.75) is 32.4 Å².